The number of hydrogen-bond donors (Lipinski definition) is 2. The molecule has 1 spiro atoms. The number of carbonyl (C=O) groups is 2. The van der Waals surface area contributed by atoms with E-state index in [-0.39, 0.29) is 22.4 Å². The first-order valence-corrected chi connectivity index (χ1v) is 10.9. The zero-order valence-corrected chi connectivity index (χ0v) is 17.4. The summed E-state index contributed by atoms with van der Waals surface area (Å²) in [5.74, 6) is -1.98. The Kier molecular flexibility index (Phi) is 4.84. The van der Waals surface area contributed by atoms with Gasteiger partial charge >= 0.3 is 0 Å². The van der Waals surface area contributed by atoms with Crippen LogP contribution in [0.4, 0.5) is 15.8 Å². The molecular weight excluding hydrogens is 397 g/mol. The minimum atomic E-state index is -0.954. The number of piperidine rings is 1. The fraction of sp³-hybridized carbons (Fsp3) is 0.417. The van der Waals surface area contributed by atoms with Crippen molar-refractivity contribution in [2.45, 2.75) is 31.1 Å². The molecule has 3 aliphatic rings. The van der Waals surface area contributed by atoms with Crippen molar-refractivity contribution in [3.8, 4) is 5.75 Å². The lowest BCUT2D eigenvalue weighted by Crippen LogP contribution is -2.46. The van der Waals surface area contributed by atoms with E-state index in [9.17, 15) is 19.1 Å². The summed E-state index contributed by atoms with van der Waals surface area (Å²) in [7, 11) is 0. The van der Waals surface area contributed by atoms with Gasteiger partial charge in [0.2, 0.25) is 0 Å². The first kappa shape index (κ1) is 19.8. The first-order chi connectivity index (χ1) is 15.0. The number of carbonyl (C=O) groups excluding carboxylic acids is 2. The number of rotatable bonds is 3. The molecule has 2 N–H and O–H groups in total. The number of phenolic OH excluding ortho intramolecular Hbond substituents is 1. The van der Waals surface area contributed by atoms with Gasteiger partial charge in [0.15, 0.2) is 17.9 Å². The van der Waals surface area contributed by atoms with Crippen molar-refractivity contribution in [3.05, 3.63) is 52.8 Å². The Morgan fingerprint density at radius 2 is 1.84 bits per heavy atom. The maximum Gasteiger partial charge on any atom is 0.253 e. The summed E-state index contributed by atoms with van der Waals surface area (Å²) >= 11 is 0. The molecule has 1 amide bonds. The van der Waals surface area contributed by atoms with Crippen LogP contribution >= 0.6 is 0 Å². The third-order valence-corrected chi connectivity index (χ3v) is 7.14. The lowest BCUT2D eigenvalue weighted by molar-refractivity contribution is 0.0675. The van der Waals surface area contributed by atoms with Crippen molar-refractivity contribution in [1.82, 2.24) is 4.90 Å². The van der Waals surface area contributed by atoms with E-state index in [2.05, 4.69) is 28.4 Å². The predicted molar refractivity (Wildman–Crippen MR) is 117 cm³/mol. The zero-order valence-electron chi connectivity index (χ0n) is 17.4. The highest BCUT2D eigenvalue weighted by Gasteiger charge is 2.42. The van der Waals surface area contributed by atoms with Crippen LogP contribution in [0.3, 0.4) is 0 Å². The summed E-state index contributed by atoms with van der Waals surface area (Å²) in [5.41, 5.74) is 3.67. The van der Waals surface area contributed by atoms with Gasteiger partial charge in [0, 0.05) is 55.1 Å². The number of aromatic hydroxyl groups is 1. The second kappa shape index (κ2) is 7.55. The maximum atomic E-state index is 13.9. The third-order valence-electron chi connectivity index (χ3n) is 7.14. The number of benzene rings is 2. The quantitative estimate of drug-likeness (QED) is 0.739. The topological polar surface area (TPSA) is 72.9 Å². The summed E-state index contributed by atoms with van der Waals surface area (Å²) in [6, 6.07) is 8.97. The van der Waals surface area contributed by atoms with Gasteiger partial charge in [-0.05, 0) is 55.5 Å². The number of anilines is 2. The first-order valence-electron chi connectivity index (χ1n) is 10.9. The molecule has 2 aromatic carbocycles. The van der Waals surface area contributed by atoms with E-state index in [0.29, 0.717) is 19.4 Å². The average molecular weight is 423 g/mol. The lowest BCUT2D eigenvalue weighted by Gasteiger charge is -2.39. The minimum Gasteiger partial charge on any atom is -0.504 e. The molecule has 0 bridgehead atoms. The van der Waals surface area contributed by atoms with Crippen molar-refractivity contribution in [2.75, 3.05) is 42.9 Å². The molecule has 0 radical (unpaired) electrons. The van der Waals surface area contributed by atoms with Crippen LogP contribution in [0.15, 0.2) is 30.3 Å². The van der Waals surface area contributed by atoms with Crippen molar-refractivity contribution in [2.24, 2.45) is 0 Å². The standard InChI is InChI=1S/C24H26FN3O3/c25-20-12-16(11-17(14-29)22(20)30)23(31)28-9-5-24(6-10-28)15-26-21-13-18(3-4-19(21)24)27-7-1-2-8-27/h3-4,11-14,26,30H,1-2,5-10,15H2. The lowest BCUT2D eigenvalue weighted by atomic mass is 9.74. The fourth-order valence-electron chi connectivity index (χ4n) is 5.27. The summed E-state index contributed by atoms with van der Waals surface area (Å²) < 4.78 is 13.9. The molecule has 3 aliphatic heterocycles. The molecule has 2 saturated heterocycles. The largest absolute Gasteiger partial charge is 0.504 e. The van der Waals surface area contributed by atoms with Crippen LogP contribution < -0.4 is 10.2 Å². The van der Waals surface area contributed by atoms with E-state index >= 15 is 0 Å². The Labute approximate surface area is 180 Å². The van der Waals surface area contributed by atoms with Gasteiger partial charge in [-0.15, -0.1) is 0 Å². The Balaban J connectivity index is 1.32. The van der Waals surface area contributed by atoms with E-state index in [1.807, 2.05) is 0 Å². The van der Waals surface area contributed by atoms with Gasteiger partial charge in [0.05, 0.1) is 5.56 Å². The van der Waals surface area contributed by atoms with Crippen LogP contribution in [0.2, 0.25) is 0 Å². The van der Waals surface area contributed by atoms with Gasteiger partial charge in [-0.1, -0.05) is 6.07 Å². The van der Waals surface area contributed by atoms with Gasteiger partial charge in [-0.25, -0.2) is 4.39 Å². The Morgan fingerprint density at radius 1 is 1.10 bits per heavy atom. The number of hydrogen-bond acceptors (Lipinski definition) is 5. The number of halogens is 1. The molecule has 0 aliphatic carbocycles. The van der Waals surface area contributed by atoms with E-state index in [1.165, 1.54) is 35.8 Å². The van der Waals surface area contributed by atoms with Crippen LogP contribution in [0.5, 0.6) is 5.75 Å². The molecule has 31 heavy (non-hydrogen) atoms. The van der Waals surface area contributed by atoms with Crippen LogP contribution in [0.1, 0.15) is 52.0 Å². The zero-order chi connectivity index (χ0) is 21.6. The van der Waals surface area contributed by atoms with Gasteiger partial charge in [0.1, 0.15) is 0 Å². The number of nitrogens with zero attached hydrogens (tertiary/aromatic N) is 2. The van der Waals surface area contributed by atoms with Crippen LogP contribution in [0, 0.1) is 5.82 Å². The Bertz CT molecular complexity index is 1040. The number of nitrogens with one attached hydrogen (secondary N) is 1. The number of amides is 1. The molecule has 162 valence electrons. The molecular formula is C24H26FN3O3. The minimum absolute atomic E-state index is 0.00379. The molecule has 7 heteroatoms. The SMILES string of the molecule is O=Cc1cc(C(=O)N2CCC3(CC2)CNc2cc(N4CCCC4)ccc23)cc(F)c1O. The second-order valence-electron chi connectivity index (χ2n) is 8.86. The maximum absolute atomic E-state index is 13.9. The molecule has 6 nitrogen and oxygen atoms in total. The number of aldehydes is 1. The third kappa shape index (κ3) is 3.32. The van der Waals surface area contributed by atoms with Crippen LogP contribution in [-0.2, 0) is 5.41 Å². The van der Waals surface area contributed by atoms with Crippen molar-refractivity contribution in [3.63, 3.8) is 0 Å². The van der Waals surface area contributed by atoms with E-state index in [1.54, 1.807) is 4.90 Å². The van der Waals surface area contributed by atoms with Crippen molar-refractivity contribution >= 4 is 23.6 Å². The van der Waals surface area contributed by atoms with Gasteiger partial charge in [-0.2, -0.15) is 0 Å². The monoisotopic (exact) mass is 423 g/mol. The molecule has 2 fully saturated rings. The number of fused-ring (bicyclic) bond motifs is 2. The van der Waals surface area contributed by atoms with Crippen LogP contribution in [0.25, 0.3) is 0 Å². The number of likely N-dealkylation sites (tertiary alicyclic amines) is 1. The Morgan fingerprint density at radius 3 is 2.55 bits per heavy atom. The smallest absolute Gasteiger partial charge is 0.253 e. The Hall–Kier alpha value is -3.09. The summed E-state index contributed by atoms with van der Waals surface area (Å²) in [6.45, 7) is 4.21. The molecule has 0 unspecified atom stereocenters. The highest BCUT2D eigenvalue weighted by atomic mass is 19.1. The summed E-state index contributed by atoms with van der Waals surface area (Å²) in [6.07, 6.45) is 4.50. The molecule has 0 saturated carbocycles. The second-order valence-corrected chi connectivity index (χ2v) is 8.86. The molecule has 2 aromatic rings. The van der Waals surface area contributed by atoms with Gasteiger partial charge in [-0.3, -0.25) is 9.59 Å². The normalized spacial score (nSPS) is 19.4. The summed E-state index contributed by atoms with van der Waals surface area (Å²) in [4.78, 5) is 28.1. The number of phenols is 1. The van der Waals surface area contributed by atoms with E-state index < -0.39 is 11.6 Å². The van der Waals surface area contributed by atoms with Gasteiger partial charge in [0.25, 0.3) is 5.91 Å². The highest BCUT2D eigenvalue weighted by Crippen LogP contribution is 2.45. The predicted octanol–water partition coefficient (Wildman–Crippen LogP) is 3.54. The molecule has 0 atom stereocenters. The van der Waals surface area contributed by atoms with Crippen LogP contribution in [-0.4, -0.2) is 54.9 Å². The molecule has 0 aromatic heterocycles. The highest BCUT2D eigenvalue weighted by molar-refractivity contribution is 5.96. The van der Waals surface area contributed by atoms with E-state index in [4.69, 9.17) is 0 Å². The van der Waals surface area contributed by atoms with E-state index in [0.717, 1.165) is 38.5 Å². The molecule has 3 heterocycles. The van der Waals surface area contributed by atoms with Gasteiger partial charge < -0.3 is 20.2 Å². The fourth-order valence-corrected chi connectivity index (χ4v) is 5.27. The average Bonchev–Trinajstić information content (AvgIpc) is 3.45. The van der Waals surface area contributed by atoms with Crippen molar-refractivity contribution < 1.29 is 19.1 Å². The summed E-state index contributed by atoms with van der Waals surface area (Å²) in [5, 5.41) is 13.2. The van der Waals surface area contributed by atoms with Crippen molar-refractivity contribution in [1.29, 1.82) is 0 Å². The molecule has 5 rings (SSSR count).